The largest absolute Gasteiger partial charge is 0.497 e. The lowest BCUT2D eigenvalue weighted by molar-refractivity contribution is -0.303. The highest BCUT2D eigenvalue weighted by Crippen LogP contribution is 2.51. The van der Waals surface area contributed by atoms with Crippen molar-refractivity contribution in [3.05, 3.63) is 64.7 Å². The van der Waals surface area contributed by atoms with Gasteiger partial charge in [0.05, 0.1) is 32.0 Å². The van der Waals surface area contributed by atoms with Crippen molar-refractivity contribution in [2.45, 2.75) is 115 Å². The third kappa shape index (κ3) is 9.30. The van der Waals surface area contributed by atoms with Gasteiger partial charge >= 0.3 is 5.97 Å². The van der Waals surface area contributed by atoms with Gasteiger partial charge in [0.2, 0.25) is 0 Å². The van der Waals surface area contributed by atoms with Crippen LogP contribution in [0.3, 0.4) is 0 Å². The lowest BCUT2D eigenvalue weighted by atomic mass is 9.71. The Morgan fingerprint density at radius 1 is 0.959 bits per heavy atom. The average Bonchev–Trinajstić information content (AvgIpc) is 3.53. The second kappa shape index (κ2) is 17.2. The maximum Gasteiger partial charge on any atom is 0.330 e. The SMILES string of the molecule is CC[C@H]1CCC[C@H](OCc2ccc(OC)cc2)[C@@H](C)C(=O)/C=C/[C@H]2[C@@H]3C[C@H](O[C@@H]4O[C@@H](C)[C@H](O)[C@@H](O)[C@H]4O)C[C@@H]3C(Br)=C[C@H]2/C=C/C(=O)O1. The number of allylic oxidation sites excluding steroid dienone is 5. The number of esters is 1. The number of halogens is 1. The molecule has 2 fully saturated rings. The molecule has 13 atom stereocenters. The number of carbonyl (C=O) groups excluding carboxylic acids is 2. The van der Waals surface area contributed by atoms with E-state index in [0.29, 0.717) is 38.7 Å². The number of rotatable bonds is 7. The zero-order chi connectivity index (χ0) is 35.2. The fraction of sp³-hybridized carbons (Fsp3) is 0.632. The van der Waals surface area contributed by atoms with Gasteiger partial charge in [-0.05, 0) is 91.5 Å². The van der Waals surface area contributed by atoms with Gasteiger partial charge in [-0.25, -0.2) is 4.79 Å². The number of carbonyl (C=O) groups is 2. The van der Waals surface area contributed by atoms with Gasteiger partial charge in [0, 0.05) is 17.9 Å². The molecule has 1 saturated heterocycles. The topological polar surface area (TPSA) is 141 Å². The van der Waals surface area contributed by atoms with Gasteiger partial charge in [0.25, 0.3) is 0 Å². The molecule has 2 heterocycles. The van der Waals surface area contributed by atoms with Crippen molar-refractivity contribution in [2.24, 2.45) is 29.6 Å². The predicted molar refractivity (Wildman–Crippen MR) is 185 cm³/mol. The molecule has 49 heavy (non-hydrogen) atoms. The lowest BCUT2D eigenvalue weighted by Crippen LogP contribution is -2.57. The number of benzene rings is 1. The number of hydrogen-bond acceptors (Lipinski definition) is 10. The quantitative estimate of drug-likeness (QED) is 0.320. The van der Waals surface area contributed by atoms with Gasteiger partial charge in [-0.15, -0.1) is 0 Å². The molecule has 0 aromatic heterocycles. The minimum atomic E-state index is -1.39. The van der Waals surface area contributed by atoms with E-state index < -0.39 is 42.6 Å². The molecule has 0 spiro atoms. The van der Waals surface area contributed by atoms with Crippen LogP contribution in [0.4, 0.5) is 0 Å². The third-order valence-electron chi connectivity index (χ3n) is 10.7. The molecule has 10 nitrogen and oxygen atoms in total. The van der Waals surface area contributed by atoms with E-state index in [2.05, 4.69) is 22.0 Å². The summed E-state index contributed by atoms with van der Waals surface area (Å²) in [6.07, 6.45) is 6.42. The Kier molecular flexibility index (Phi) is 13.3. The monoisotopic (exact) mass is 746 g/mol. The molecular formula is C38H51BrO10. The highest BCUT2D eigenvalue weighted by atomic mass is 79.9. The van der Waals surface area contributed by atoms with Gasteiger partial charge < -0.3 is 39.0 Å². The normalized spacial score (nSPS) is 40.2. The molecule has 2 aliphatic carbocycles. The number of aliphatic hydroxyl groups excluding tert-OH is 3. The molecule has 0 amide bonds. The van der Waals surface area contributed by atoms with Gasteiger partial charge in [-0.1, -0.05) is 60.1 Å². The van der Waals surface area contributed by atoms with Crippen molar-refractivity contribution in [1.29, 1.82) is 0 Å². The molecule has 3 N–H and O–H groups in total. The Morgan fingerprint density at radius 2 is 1.71 bits per heavy atom. The third-order valence-corrected chi connectivity index (χ3v) is 11.5. The Morgan fingerprint density at radius 3 is 2.43 bits per heavy atom. The molecule has 1 aromatic carbocycles. The Hall–Kier alpha value is -2.38. The lowest BCUT2D eigenvalue weighted by Gasteiger charge is -2.40. The van der Waals surface area contributed by atoms with E-state index in [1.165, 1.54) is 6.08 Å². The highest BCUT2D eigenvalue weighted by molar-refractivity contribution is 9.11. The number of ether oxygens (including phenoxy) is 5. The Bertz CT molecular complexity index is 1360. The van der Waals surface area contributed by atoms with Crippen LogP contribution in [0.2, 0.25) is 0 Å². The molecule has 11 heteroatoms. The number of aliphatic hydroxyl groups is 3. The summed E-state index contributed by atoms with van der Waals surface area (Å²) in [5.41, 5.74) is 0.982. The van der Waals surface area contributed by atoms with Crippen LogP contribution in [0.25, 0.3) is 0 Å². The number of ketones is 1. The van der Waals surface area contributed by atoms with Gasteiger partial charge in [-0.2, -0.15) is 0 Å². The molecule has 1 aromatic rings. The van der Waals surface area contributed by atoms with Crippen LogP contribution in [0.15, 0.2) is 59.1 Å². The maximum atomic E-state index is 13.8. The molecule has 4 aliphatic rings. The molecule has 0 bridgehead atoms. The van der Waals surface area contributed by atoms with Crippen LogP contribution in [0.1, 0.15) is 64.9 Å². The van der Waals surface area contributed by atoms with Crippen molar-refractivity contribution >= 4 is 27.7 Å². The molecule has 5 rings (SSSR count). The summed E-state index contributed by atoms with van der Waals surface area (Å²) >= 11 is 3.79. The first kappa shape index (κ1) is 37.9. The van der Waals surface area contributed by atoms with E-state index in [1.54, 1.807) is 20.1 Å². The van der Waals surface area contributed by atoms with Gasteiger partial charge in [-0.3, -0.25) is 4.79 Å². The fourth-order valence-corrected chi connectivity index (χ4v) is 8.41. The maximum absolute atomic E-state index is 13.8. The summed E-state index contributed by atoms with van der Waals surface area (Å²) < 4.78 is 30.5. The average molecular weight is 748 g/mol. The number of fused-ring (bicyclic) bond motifs is 3. The summed E-state index contributed by atoms with van der Waals surface area (Å²) in [6.45, 7) is 5.90. The second-order valence-corrected chi connectivity index (χ2v) is 14.8. The first-order valence-electron chi connectivity index (χ1n) is 17.6. The standard InChI is InChI=1S/C38H51BrO10/c1-5-25-7-6-8-33(46-20-23-9-12-26(45-4)13-10-23)21(2)32(40)15-14-28-24(11-16-34(41)48-25)17-31(39)30-19-27(18-29(28)30)49-38-37(44)36(43)35(42)22(3)47-38/h9-17,21-22,24-25,27-30,33,35-38,42-44H,5-8,18-20H2,1-4H3/b15-14+,16-11+/t21-,22-,24+,25-,27-,28+,29-,30-,33-,35-,36+,37+,38-/m0/s1. The van der Waals surface area contributed by atoms with Crippen LogP contribution in [-0.4, -0.2) is 83.2 Å². The van der Waals surface area contributed by atoms with E-state index in [0.717, 1.165) is 22.2 Å². The molecular weight excluding hydrogens is 696 g/mol. The van der Waals surface area contributed by atoms with E-state index in [1.807, 2.05) is 50.3 Å². The van der Waals surface area contributed by atoms with Crippen molar-refractivity contribution in [3.63, 3.8) is 0 Å². The van der Waals surface area contributed by atoms with E-state index in [-0.39, 0.29) is 47.8 Å². The molecule has 270 valence electrons. The van der Waals surface area contributed by atoms with Crippen LogP contribution >= 0.6 is 15.9 Å². The predicted octanol–water partition coefficient (Wildman–Crippen LogP) is 5.17. The molecule has 0 radical (unpaired) electrons. The van der Waals surface area contributed by atoms with E-state index >= 15 is 0 Å². The summed E-state index contributed by atoms with van der Waals surface area (Å²) in [7, 11) is 1.63. The zero-order valence-corrected chi connectivity index (χ0v) is 30.3. The Labute approximate surface area is 297 Å². The number of hydrogen-bond donors (Lipinski definition) is 3. The zero-order valence-electron chi connectivity index (χ0n) is 28.7. The van der Waals surface area contributed by atoms with Crippen molar-refractivity contribution in [2.75, 3.05) is 7.11 Å². The summed E-state index contributed by atoms with van der Waals surface area (Å²) in [4.78, 5) is 26.8. The Balaban J connectivity index is 1.36. The second-order valence-electron chi connectivity index (χ2n) is 13.9. The molecule has 0 unspecified atom stereocenters. The van der Waals surface area contributed by atoms with Gasteiger partial charge in [0.1, 0.15) is 30.2 Å². The smallest absolute Gasteiger partial charge is 0.330 e. The minimum Gasteiger partial charge on any atom is -0.497 e. The van der Waals surface area contributed by atoms with Crippen molar-refractivity contribution < 1.29 is 48.6 Å². The van der Waals surface area contributed by atoms with E-state index in [4.69, 9.17) is 23.7 Å². The van der Waals surface area contributed by atoms with Crippen LogP contribution in [0, 0.1) is 29.6 Å². The van der Waals surface area contributed by atoms with Gasteiger partial charge in [0.15, 0.2) is 12.1 Å². The van der Waals surface area contributed by atoms with Crippen LogP contribution in [0.5, 0.6) is 5.75 Å². The fourth-order valence-electron chi connectivity index (χ4n) is 7.58. The molecule has 2 aliphatic heterocycles. The first-order chi connectivity index (χ1) is 23.5. The van der Waals surface area contributed by atoms with Crippen LogP contribution < -0.4 is 4.74 Å². The minimum absolute atomic E-state index is 0.0204. The highest BCUT2D eigenvalue weighted by Gasteiger charge is 2.48. The number of methoxy groups -OCH3 is 1. The number of cyclic esters (lactones) is 1. The van der Waals surface area contributed by atoms with Crippen LogP contribution in [-0.2, 0) is 35.1 Å². The van der Waals surface area contributed by atoms with Crippen molar-refractivity contribution in [1.82, 2.24) is 0 Å². The van der Waals surface area contributed by atoms with E-state index in [9.17, 15) is 24.9 Å². The molecule has 1 saturated carbocycles. The summed E-state index contributed by atoms with van der Waals surface area (Å²) in [6, 6.07) is 7.68. The summed E-state index contributed by atoms with van der Waals surface area (Å²) in [5, 5.41) is 31.0. The summed E-state index contributed by atoms with van der Waals surface area (Å²) in [5.74, 6) is -0.247. The first-order valence-corrected chi connectivity index (χ1v) is 18.4. The van der Waals surface area contributed by atoms with Crippen molar-refractivity contribution in [3.8, 4) is 5.75 Å².